The average Bonchev–Trinajstić information content (AvgIpc) is 3.18. The van der Waals surface area contributed by atoms with Crippen LogP contribution in [0, 0.1) is 6.92 Å². The minimum absolute atomic E-state index is 0.0274. The molecule has 1 fully saturated rings. The molecule has 0 saturated heterocycles. The van der Waals surface area contributed by atoms with E-state index in [4.69, 9.17) is 10.5 Å². The number of benzene rings is 1. The van der Waals surface area contributed by atoms with Crippen molar-refractivity contribution in [3.8, 4) is 5.75 Å². The summed E-state index contributed by atoms with van der Waals surface area (Å²) < 4.78 is 5.67. The topological polar surface area (TPSA) is 55.6 Å². The van der Waals surface area contributed by atoms with Crippen molar-refractivity contribution in [3.05, 3.63) is 29.3 Å². The highest BCUT2D eigenvalue weighted by molar-refractivity contribution is 5.78. The second-order valence-corrected chi connectivity index (χ2v) is 5.35. The van der Waals surface area contributed by atoms with Crippen LogP contribution in [0.4, 0.5) is 0 Å². The molecule has 2 rings (SSSR count). The molecule has 2 N–H and O–H groups in total. The van der Waals surface area contributed by atoms with E-state index >= 15 is 0 Å². The van der Waals surface area contributed by atoms with Gasteiger partial charge in [-0.3, -0.25) is 4.79 Å². The summed E-state index contributed by atoms with van der Waals surface area (Å²) in [5.74, 6) is 0.743. The SMILES string of the molecule is Cc1ccc(C(C)N)c(OCC(=O)N(C)C2CC2)c1. The second kappa shape index (κ2) is 5.61. The summed E-state index contributed by atoms with van der Waals surface area (Å²) in [4.78, 5) is 13.7. The molecule has 0 heterocycles. The molecule has 1 saturated carbocycles. The summed E-state index contributed by atoms with van der Waals surface area (Å²) in [5, 5.41) is 0. The first kappa shape index (κ1) is 13.9. The summed E-state index contributed by atoms with van der Waals surface area (Å²) in [6, 6.07) is 6.21. The molecule has 1 unspecified atom stereocenters. The number of carbonyl (C=O) groups is 1. The van der Waals surface area contributed by atoms with E-state index in [-0.39, 0.29) is 18.6 Å². The smallest absolute Gasteiger partial charge is 0.260 e. The van der Waals surface area contributed by atoms with Crippen molar-refractivity contribution in [2.24, 2.45) is 5.73 Å². The summed E-state index contributed by atoms with van der Waals surface area (Å²) in [6.07, 6.45) is 2.22. The monoisotopic (exact) mass is 262 g/mol. The van der Waals surface area contributed by atoms with Crippen molar-refractivity contribution >= 4 is 5.91 Å². The van der Waals surface area contributed by atoms with Crippen LogP contribution in [-0.2, 0) is 4.79 Å². The number of carbonyl (C=O) groups excluding carboxylic acids is 1. The third kappa shape index (κ3) is 3.47. The highest BCUT2D eigenvalue weighted by Gasteiger charge is 2.29. The number of ether oxygens (including phenoxy) is 1. The van der Waals surface area contributed by atoms with Gasteiger partial charge in [0, 0.05) is 24.7 Å². The molecule has 4 nitrogen and oxygen atoms in total. The number of hydrogen-bond donors (Lipinski definition) is 1. The number of rotatable bonds is 5. The van der Waals surface area contributed by atoms with Gasteiger partial charge in [-0.2, -0.15) is 0 Å². The molecule has 1 aliphatic carbocycles. The minimum Gasteiger partial charge on any atom is -0.483 e. The molecule has 1 amide bonds. The second-order valence-electron chi connectivity index (χ2n) is 5.35. The Balaban J connectivity index is 2.01. The van der Waals surface area contributed by atoms with Gasteiger partial charge in [0.25, 0.3) is 5.91 Å². The van der Waals surface area contributed by atoms with Gasteiger partial charge in [-0.1, -0.05) is 12.1 Å². The van der Waals surface area contributed by atoms with Crippen LogP contribution in [0.3, 0.4) is 0 Å². The van der Waals surface area contributed by atoms with E-state index in [9.17, 15) is 4.79 Å². The standard InChI is InChI=1S/C15H22N2O2/c1-10-4-7-13(11(2)16)14(8-10)19-9-15(18)17(3)12-5-6-12/h4,7-8,11-12H,5-6,9,16H2,1-3H3. The van der Waals surface area contributed by atoms with Crippen molar-refractivity contribution in [2.45, 2.75) is 38.8 Å². The molecule has 0 aliphatic heterocycles. The van der Waals surface area contributed by atoms with Gasteiger partial charge in [-0.05, 0) is 38.3 Å². The lowest BCUT2D eigenvalue weighted by molar-refractivity contribution is -0.132. The van der Waals surface area contributed by atoms with Crippen molar-refractivity contribution in [1.82, 2.24) is 4.90 Å². The van der Waals surface area contributed by atoms with Crippen LogP contribution in [0.1, 0.15) is 36.9 Å². The van der Waals surface area contributed by atoms with E-state index in [1.165, 1.54) is 0 Å². The summed E-state index contributed by atoms with van der Waals surface area (Å²) in [7, 11) is 1.84. The molecule has 0 bridgehead atoms. The van der Waals surface area contributed by atoms with Crippen molar-refractivity contribution in [3.63, 3.8) is 0 Å². The van der Waals surface area contributed by atoms with Crippen LogP contribution in [0.2, 0.25) is 0 Å². The fraction of sp³-hybridized carbons (Fsp3) is 0.533. The zero-order chi connectivity index (χ0) is 14.0. The Labute approximate surface area is 114 Å². The van der Waals surface area contributed by atoms with E-state index in [1.807, 2.05) is 39.1 Å². The Bertz CT molecular complexity index is 467. The van der Waals surface area contributed by atoms with Crippen LogP contribution in [-0.4, -0.2) is 30.5 Å². The number of nitrogens with two attached hydrogens (primary N) is 1. The van der Waals surface area contributed by atoms with E-state index in [0.717, 1.165) is 24.0 Å². The zero-order valence-electron chi connectivity index (χ0n) is 11.8. The van der Waals surface area contributed by atoms with Crippen LogP contribution >= 0.6 is 0 Å². The normalized spacial score (nSPS) is 16.0. The maximum absolute atomic E-state index is 11.9. The van der Waals surface area contributed by atoms with Crippen molar-refractivity contribution in [1.29, 1.82) is 0 Å². The van der Waals surface area contributed by atoms with Gasteiger partial charge in [0.2, 0.25) is 0 Å². The highest BCUT2D eigenvalue weighted by atomic mass is 16.5. The first-order chi connectivity index (χ1) is 8.99. The van der Waals surface area contributed by atoms with Crippen molar-refractivity contribution in [2.75, 3.05) is 13.7 Å². The van der Waals surface area contributed by atoms with Gasteiger partial charge in [0.15, 0.2) is 6.61 Å². The molecule has 1 aromatic carbocycles. The molecule has 0 aromatic heterocycles. The van der Waals surface area contributed by atoms with E-state index in [0.29, 0.717) is 11.8 Å². The fourth-order valence-electron chi connectivity index (χ4n) is 2.05. The van der Waals surface area contributed by atoms with Gasteiger partial charge in [0.1, 0.15) is 5.75 Å². The van der Waals surface area contributed by atoms with E-state index < -0.39 is 0 Å². The van der Waals surface area contributed by atoms with Crippen LogP contribution in [0.5, 0.6) is 5.75 Å². The number of nitrogens with zero attached hydrogens (tertiary/aromatic N) is 1. The Morgan fingerprint density at radius 2 is 2.21 bits per heavy atom. The number of aryl methyl sites for hydroxylation is 1. The quantitative estimate of drug-likeness (QED) is 0.883. The maximum Gasteiger partial charge on any atom is 0.260 e. The average molecular weight is 262 g/mol. The van der Waals surface area contributed by atoms with Crippen molar-refractivity contribution < 1.29 is 9.53 Å². The molecule has 104 valence electrons. The van der Waals surface area contributed by atoms with Crippen LogP contribution in [0.25, 0.3) is 0 Å². The lowest BCUT2D eigenvalue weighted by Gasteiger charge is -2.18. The molecular formula is C15H22N2O2. The molecule has 4 heteroatoms. The third-order valence-electron chi connectivity index (χ3n) is 3.50. The van der Waals surface area contributed by atoms with E-state index in [1.54, 1.807) is 4.90 Å². The Morgan fingerprint density at radius 1 is 1.53 bits per heavy atom. The molecule has 19 heavy (non-hydrogen) atoms. The Morgan fingerprint density at radius 3 is 2.79 bits per heavy atom. The number of hydrogen-bond acceptors (Lipinski definition) is 3. The first-order valence-electron chi connectivity index (χ1n) is 6.73. The summed E-state index contributed by atoms with van der Waals surface area (Å²) in [6.45, 7) is 3.99. The number of likely N-dealkylation sites (N-methyl/N-ethyl adjacent to an activating group) is 1. The third-order valence-corrected chi connectivity index (χ3v) is 3.50. The molecule has 1 aliphatic rings. The predicted molar refractivity (Wildman–Crippen MR) is 75.1 cm³/mol. The first-order valence-corrected chi connectivity index (χ1v) is 6.73. The molecular weight excluding hydrogens is 240 g/mol. The summed E-state index contributed by atoms with van der Waals surface area (Å²) in [5.41, 5.74) is 7.95. The summed E-state index contributed by atoms with van der Waals surface area (Å²) >= 11 is 0. The lowest BCUT2D eigenvalue weighted by atomic mass is 10.1. The van der Waals surface area contributed by atoms with Crippen LogP contribution in [0.15, 0.2) is 18.2 Å². The molecule has 1 aromatic rings. The van der Waals surface area contributed by atoms with Gasteiger partial charge < -0.3 is 15.4 Å². The Hall–Kier alpha value is -1.55. The maximum atomic E-state index is 11.9. The fourth-order valence-corrected chi connectivity index (χ4v) is 2.05. The molecule has 0 spiro atoms. The van der Waals surface area contributed by atoms with Gasteiger partial charge in [-0.15, -0.1) is 0 Å². The minimum atomic E-state index is -0.105. The van der Waals surface area contributed by atoms with Gasteiger partial charge >= 0.3 is 0 Å². The highest BCUT2D eigenvalue weighted by Crippen LogP contribution is 2.27. The van der Waals surface area contributed by atoms with Gasteiger partial charge in [-0.25, -0.2) is 0 Å². The lowest BCUT2D eigenvalue weighted by Crippen LogP contribution is -2.33. The zero-order valence-corrected chi connectivity index (χ0v) is 11.8. The molecule has 0 radical (unpaired) electrons. The largest absolute Gasteiger partial charge is 0.483 e. The predicted octanol–water partition coefficient (Wildman–Crippen LogP) is 2.01. The van der Waals surface area contributed by atoms with Crippen LogP contribution < -0.4 is 10.5 Å². The number of amides is 1. The van der Waals surface area contributed by atoms with E-state index in [2.05, 4.69) is 0 Å². The molecule has 1 atom stereocenters. The Kier molecular flexibility index (Phi) is 4.10. The van der Waals surface area contributed by atoms with Gasteiger partial charge in [0.05, 0.1) is 0 Å².